The predicted molar refractivity (Wildman–Crippen MR) is 162 cm³/mol. The molecule has 1 fully saturated rings. The monoisotopic (exact) mass is 615 g/mol. The molecule has 2 N–H and O–H groups in total. The first-order valence-electron chi connectivity index (χ1n) is 12.9. The standard InChI is InChI=1S/C28H30ClN5O5S2/c1-38-23-10-11-24-25(26(23)39-2)31-28(40-24)34-16-14-33(15-17-34)13-12-30-27(35)19-4-3-5-21(18-19)32-41(36,37)22-8-6-20(29)7-9-22/h3-11,18,32H,12-17H2,1-2H3,(H,30,35). The zero-order chi connectivity index (χ0) is 29.0. The largest absolute Gasteiger partial charge is 0.493 e. The van der Waals surface area contributed by atoms with E-state index in [-0.39, 0.29) is 10.8 Å². The Balaban J connectivity index is 1.11. The maximum atomic E-state index is 12.8. The van der Waals surface area contributed by atoms with Crippen LogP contribution < -0.4 is 24.4 Å². The lowest BCUT2D eigenvalue weighted by molar-refractivity contribution is 0.0948. The molecule has 2 heterocycles. The topological polar surface area (TPSA) is 113 Å². The quantitative estimate of drug-likeness (QED) is 0.271. The van der Waals surface area contributed by atoms with Crippen LogP contribution in [0.3, 0.4) is 0 Å². The Labute approximate surface area is 247 Å². The third kappa shape index (κ3) is 6.67. The Kier molecular flexibility index (Phi) is 8.83. The van der Waals surface area contributed by atoms with Crippen molar-refractivity contribution in [2.24, 2.45) is 0 Å². The SMILES string of the molecule is COc1ccc2sc(N3CCN(CCNC(=O)c4cccc(NS(=O)(=O)c5ccc(Cl)cc5)c4)CC3)nc2c1OC. The summed E-state index contributed by atoms with van der Waals surface area (Å²) in [5.74, 6) is 1.04. The van der Waals surface area contributed by atoms with E-state index >= 15 is 0 Å². The number of carbonyl (C=O) groups is 1. The molecule has 216 valence electrons. The molecule has 0 bridgehead atoms. The highest BCUT2D eigenvalue weighted by atomic mass is 35.5. The maximum absolute atomic E-state index is 12.8. The zero-order valence-corrected chi connectivity index (χ0v) is 25.0. The molecule has 1 aliphatic rings. The summed E-state index contributed by atoms with van der Waals surface area (Å²) < 4.78 is 39.8. The Morgan fingerprint density at radius 1 is 1.02 bits per heavy atom. The molecule has 10 nitrogen and oxygen atoms in total. The Morgan fingerprint density at radius 2 is 1.78 bits per heavy atom. The number of benzene rings is 3. The minimum Gasteiger partial charge on any atom is -0.493 e. The first-order valence-corrected chi connectivity index (χ1v) is 15.6. The number of methoxy groups -OCH3 is 2. The average molecular weight is 616 g/mol. The second-order valence-electron chi connectivity index (χ2n) is 9.37. The molecule has 0 unspecified atom stereocenters. The maximum Gasteiger partial charge on any atom is 0.261 e. The first-order chi connectivity index (χ1) is 19.8. The fourth-order valence-corrected chi connectivity index (χ4v) is 6.77. The molecule has 0 spiro atoms. The molecule has 4 aromatic rings. The number of rotatable bonds is 10. The number of hydrogen-bond acceptors (Lipinski definition) is 9. The number of ether oxygens (including phenoxy) is 2. The van der Waals surface area contributed by atoms with E-state index in [1.54, 1.807) is 43.8 Å². The van der Waals surface area contributed by atoms with E-state index in [1.165, 1.54) is 30.3 Å². The Morgan fingerprint density at radius 3 is 2.49 bits per heavy atom. The molecule has 0 atom stereocenters. The number of amides is 1. The highest BCUT2D eigenvalue weighted by molar-refractivity contribution is 7.92. The molecule has 0 radical (unpaired) electrons. The minimum absolute atomic E-state index is 0.0833. The molecule has 0 saturated carbocycles. The fraction of sp³-hybridized carbons (Fsp3) is 0.286. The summed E-state index contributed by atoms with van der Waals surface area (Å²) in [6.45, 7) is 4.50. The van der Waals surface area contributed by atoms with Crippen molar-refractivity contribution < 1.29 is 22.7 Å². The van der Waals surface area contributed by atoms with Crippen LogP contribution >= 0.6 is 22.9 Å². The van der Waals surface area contributed by atoms with Crippen LogP contribution in [0.25, 0.3) is 10.2 Å². The normalized spacial score (nSPS) is 14.2. The van der Waals surface area contributed by atoms with Crippen molar-refractivity contribution in [3.8, 4) is 11.5 Å². The van der Waals surface area contributed by atoms with Gasteiger partial charge in [0.1, 0.15) is 5.52 Å². The molecule has 1 amide bonds. The van der Waals surface area contributed by atoms with E-state index in [4.69, 9.17) is 26.1 Å². The highest BCUT2D eigenvalue weighted by Crippen LogP contribution is 2.40. The van der Waals surface area contributed by atoms with E-state index in [9.17, 15) is 13.2 Å². The van der Waals surface area contributed by atoms with Crippen LogP contribution in [0.4, 0.5) is 10.8 Å². The third-order valence-electron chi connectivity index (χ3n) is 6.75. The van der Waals surface area contributed by atoms with Crippen molar-refractivity contribution in [1.29, 1.82) is 0 Å². The molecule has 13 heteroatoms. The van der Waals surface area contributed by atoms with Gasteiger partial charge in [0.15, 0.2) is 16.6 Å². The number of fused-ring (bicyclic) bond motifs is 1. The van der Waals surface area contributed by atoms with Crippen LogP contribution in [0.1, 0.15) is 10.4 Å². The van der Waals surface area contributed by atoms with Crippen molar-refractivity contribution in [2.45, 2.75) is 4.90 Å². The average Bonchev–Trinajstić information content (AvgIpc) is 3.41. The summed E-state index contributed by atoms with van der Waals surface area (Å²) >= 11 is 7.49. The van der Waals surface area contributed by atoms with E-state index in [0.717, 1.165) is 41.5 Å². The van der Waals surface area contributed by atoms with Crippen molar-refractivity contribution in [3.05, 3.63) is 71.2 Å². The number of sulfonamides is 1. The first kappa shape index (κ1) is 28.9. The van der Waals surface area contributed by atoms with Gasteiger partial charge in [-0.05, 0) is 54.6 Å². The summed E-state index contributed by atoms with van der Waals surface area (Å²) in [7, 11) is -0.575. The number of halogens is 1. The van der Waals surface area contributed by atoms with Crippen LogP contribution in [0.15, 0.2) is 65.6 Å². The van der Waals surface area contributed by atoms with Gasteiger partial charge in [-0.2, -0.15) is 0 Å². The van der Waals surface area contributed by atoms with Crippen molar-refractivity contribution in [1.82, 2.24) is 15.2 Å². The third-order valence-corrected chi connectivity index (χ3v) is 9.48. The van der Waals surface area contributed by atoms with Crippen LogP contribution in [-0.4, -0.2) is 77.7 Å². The van der Waals surface area contributed by atoms with Gasteiger partial charge in [-0.25, -0.2) is 13.4 Å². The molecule has 5 rings (SSSR count). The van der Waals surface area contributed by atoms with Gasteiger partial charge in [-0.1, -0.05) is 29.0 Å². The van der Waals surface area contributed by atoms with Crippen LogP contribution in [0.2, 0.25) is 5.02 Å². The van der Waals surface area contributed by atoms with Crippen LogP contribution in [-0.2, 0) is 10.0 Å². The summed E-state index contributed by atoms with van der Waals surface area (Å²) in [5, 5.41) is 4.33. The second-order valence-corrected chi connectivity index (χ2v) is 12.5. The van der Waals surface area contributed by atoms with Gasteiger partial charge in [0.25, 0.3) is 15.9 Å². The van der Waals surface area contributed by atoms with Gasteiger partial charge < -0.3 is 19.7 Å². The number of thiazole rings is 1. The molecular formula is C28H30ClN5O5S2. The zero-order valence-electron chi connectivity index (χ0n) is 22.6. The van der Waals surface area contributed by atoms with Crippen LogP contribution in [0, 0.1) is 0 Å². The lowest BCUT2D eigenvalue weighted by Crippen LogP contribution is -2.48. The molecular weight excluding hydrogens is 586 g/mol. The fourth-order valence-electron chi connectivity index (χ4n) is 4.58. The molecule has 1 aromatic heterocycles. The van der Waals surface area contributed by atoms with E-state index in [0.29, 0.717) is 40.9 Å². The number of carbonyl (C=O) groups excluding carboxylic acids is 1. The smallest absolute Gasteiger partial charge is 0.261 e. The predicted octanol–water partition coefficient (Wildman–Crippen LogP) is 4.32. The second kappa shape index (κ2) is 12.5. The lowest BCUT2D eigenvalue weighted by Gasteiger charge is -2.34. The van der Waals surface area contributed by atoms with E-state index in [2.05, 4.69) is 19.8 Å². The minimum atomic E-state index is -3.81. The van der Waals surface area contributed by atoms with E-state index < -0.39 is 10.0 Å². The number of hydrogen-bond donors (Lipinski definition) is 2. The van der Waals surface area contributed by atoms with Gasteiger partial charge in [0.05, 0.1) is 23.8 Å². The van der Waals surface area contributed by atoms with Gasteiger partial charge in [0, 0.05) is 55.5 Å². The lowest BCUT2D eigenvalue weighted by atomic mass is 10.2. The molecule has 3 aromatic carbocycles. The van der Waals surface area contributed by atoms with Crippen LogP contribution in [0.5, 0.6) is 11.5 Å². The van der Waals surface area contributed by atoms with Crippen molar-refractivity contribution in [2.75, 3.05) is 63.1 Å². The Hall–Kier alpha value is -3.58. The number of anilines is 2. The summed E-state index contributed by atoms with van der Waals surface area (Å²) in [6.07, 6.45) is 0. The molecule has 0 aliphatic carbocycles. The number of nitrogens with one attached hydrogen (secondary N) is 2. The molecule has 41 heavy (non-hydrogen) atoms. The van der Waals surface area contributed by atoms with Gasteiger partial charge >= 0.3 is 0 Å². The van der Waals surface area contributed by atoms with Gasteiger partial charge in [0.2, 0.25) is 0 Å². The summed E-state index contributed by atoms with van der Waals surface area (Å²) in [4.78, 5) is 22.2. The number of nitrogens with zero attached hydrogens (tertiary/aromatic N) is 3. The molecule has 1 saturated heterocycles. The van der Waals surface area contributed by atoms with Crippen molar-refractivity contribution in [3.63, 3.8) is 0 Å². The summed E-state index contributed by atoms with van der Waals surface area (Å²) in [5.41, 5.74) is 1.47. The number of piperazine rings is 1. The number of aromatic nitrogens is 1. The molecule has 1 aliphatic heterocycles. The van der Waals surface area contributed by atoms with E-state index in [1.807, 2.05) is 12.1 Å². The Bertz CT molecular complexity index is 1640. The van der Waals surface area contributed by atoms with Gasteiger partial charge in [-0.3, -0.25) is 14.4 Å². The van der Waals surface area contributed by atoms with Crippen molar-refractivity contribution >= 4 is 59.9 Å². The highest BCUT2D eigenvalue weighted by Gasteiger charge is 2.22. The summed E-state index contributed by atoms with van der Waals surface area (Å²) in [6, 6.07) is 16.2. The van der Waals surface area contributed by atoms with Gasteiger partial charge in [-0.15, -0.1) is 0 Å².